The molecule has 1 fully saturated rings. The van der Waals surface area contributed by atoms with E-state index in [1.807, 2.05) is 17.9 Å². The summed E-state index contributed by atoms with van der Waals surface area (Å²) in [4.78, 5) is 2.44. The van der Waals surface area contributed by atoms with Crippen molar-refractivity contribution in [3.63, 3.8) is 0 Å². The minimum atomic E-state index is 0.569. The van der Waals surface area contributed by atoms with Gasteiger partial charge in [-0.25, -0.2) is 0 Å². The van der Waals surface area contributed by atoms with Crippen LogP contribution < -0.4 is 5.32 Å². The molecular weight excluding hydrogens is 212 g/mol. The van der Waals surface area contributed by atoms with Crippen molar-refractivity contribution in [2.75, 3.05) is 20.1 Å². The van der Waals surface area contributed by atoms with E-state index in [9.17, 15) is 0 Å². The SMILES string of the molecule is CC(NCc1ccn(C)n1)C1CCCN(C)C1. The quantitative estimate of drug-likeness (QED) is 0.854. The molecule has 2 unspecified atom stereocenters. The Morgan fingerprint density at radius 3 is 3.00 bits per heavy atom. The zero-order valence-electron chi connectivity index (χ0n) is 11.2. The van der Waals surface area contributed by atoms with Crippen LogP contribution in [0.4, 0.5) is 0 Å². The summed E-state index contributed by atoms with van der Waals surface area (Å²) in [6, 6.07) is 2.65. The number of rotatable bonds is 4. The van der Waals surface area contributed by atoms with E-state index >= 15 is 0 Å². The molecule has 0 bridgehead atoms. The van der Waals surface area contributed by atoms with E-state index in [-0.39, 0.29) is 0 Å². The van der Waals surface area contributed by atoms with Gasteiger partial charge in [0.2, 0.25) is 0 Å². The van der Waals surface area contributed by atoms with E-state index in [1.54, 1.807) is 0 Å². The van der Waals surface area contributed by atoms with Crippen LogP contribution in [0.25, 0.3) is 0 Å². The Labute approximate surface area is 104 Å². The van der Waals surface area contributed by atoms with Crippen LogP contribution in [0.15, 0.2) is 12.3 Å². The molecule has 1 N–H and O–H groups in total. The Morgan fingerprint density at radius 2 is 2.35 bits per heavy atom. The molecule has 2 atom stereocenters. The van der Waals surface area contributed by atoms with Crippen LogP contribution in [0.1, 0.15) is 25.5 Å². The van der Waals surface area contributed by atoms with Crippen molar-refractivity contribution in [3.8, 4) is 0 Å². The molecule has 1 saturated heterocycles. The zero-order valence-corrected chi connectivity index (χ0v) is 11.2. The largest absolute Gasteiger partial charge is 0.308 e. The fourth-order valence-corrected chi connectivity index (χ4v) is 2.60. The van der Waals surface area contributed by atoms with E-state index in [2.05, 4.69) is 35.4 Å². The molecule has 1 aliphatic heterocycles. The lowest BCUT2D eigenvalue weighted by molar-refractivity contribution is 0.178. The van der Waals surface area contributed by atoms with Gasteiger partial charge >= 0.3 is 0 Å². The predicted molar refractivity (Wildman–Crippen MR) is 69.7 cm³/mol. The zero-order chi connectivity index (χ0) is 12.3. The molecule has 0 saturated carbocycles. The number of nitrogens with zero attached hydrogens (tertiary/aromatic N) is 3. The summed E-state index contributed by atoms with van der Waals surface area (Å²) in [6.45, 7) is 5.65. The van der Waals surface area contributed by atoms with Gasteiger partial charge in [0.05, 0.1) is 5.69 Å². The smallest absolute Gasteiger partial charge is 0.0762 e. The maximum atomic E-state index is 4.39. The molecule has 0 amide bonds. The predicted octanol–water partition coefficient (Wildman–Crippen LogP) is 1.24. The first-order valence-corrected chi connectivity index (χ1v) is 6.55. The highest BCUT2D eigenvalue weighted by Crippen LogP contribution is 2.18. The average Bonchev–Trinajstić information content (AvgIpc) is 2.72. The summed E-state index contributed by atoms with van der Waals surface area (Å²) >= 11 is 0. The molecule has 2 rings (SSSR count). The molecule has 2 heterocycles. The van der Waals surface area contributed by atoms with E-state index < -0.39 is 0 Å². The van der Waals surface area contributed by atoms with Gasteiger partial charge < -0.3 is 10.2 Å². The second-order valence-corrected chi connectivity index (χ2v) is 5.31. The standard InChI is InChI=1S/C13H24N4/c1-11(12-5-4-7-16(2)10-12)14-9-13-6-8-17(3)15-13/h6,8,11-12,14H,4-5,7,9-10H2,1-3H3. The van der Waals surface area contributed by atoms with Gasteiger partial charge in [0.1, 0.15) is 0 Å². The maximum absolute atomic E-state index is 4.39. The third-order valence-corrected chi connectivity index (χ3v) is 3.74. The van der Waals surface area contributed by atoms with E-state index in [1.165, 1.54) is 25.9 Å². The van der Waals surface area contributed by atoms with Gasteiger partial charge in [0, 0.05) is 32.4 Å². The van der Waals surface area contributed by atoms with Gasteiger partial charge in [-0.05, 0) is 45.3 Å². The average molecular weight is 236 g/mol. The monoisotopic (exact) mass is 236 g/mol. The second-order valence-electron chi connectivity index (χ2n) is 5.31. The third kappa shape index (κ3) is 3.54. The van der Waals surface area contributed by atoms with Crippen LogP contribution in [0.5, 0.6) is 0 Å². The van der Waals surface area contributed by atoms with Crippen LogP contribution in [-0.2, 0) is 13.6 Å². The summed E-state index contributed by atoms with van der Waals surface area (Å²) in [5.41, 5.74) is 1.13. The van der Waals surface area contributed by atoms with Gasteiger partial charge in [-0.15, -0.1) is 0 Å². The first kappa shape index (κ1) is 12.6. The summed E-state index contributed by atoms with van der Waals surface area (Å²) in [6.07, 6.45) is 4.67. The lowest BCUT2D eigenvalue weighted by Crippen LogP contribution is -2.42. The van der Waals surface area contributed by atoms with Crippen molar-refractivity contribution in [1.29, 1.82) is 0 Å². The molecule has 4 heteroatoms. The number of nitrogens with one attached hydrogen (secondary N) is 1. The number of aryl methyl sites for hydroxylation is 1. The first-order valence-electron chi connectivity index (χ1n) is 6.55. The Kier molecular flexibility index (Phi) is 4.18. The molecule has 1 aromatic heterocycles. The molecular formula is C13H24N4. The van der Waals surface area contributed by atoms with E-state index in [0.717, 1.165) is 18.2 Å². The van der Waals surface area contributed by atoms with Gasteiger partial charge in [0.15, 0.2) is 0 Å². The van der Waals surface area contributed by atoms with Crippen molar-refractivity contribution >= 4 is 0 Å². The van der Waals surface area contributed by atoms with Crippen molar-refractivity contribution in [2.45, 2.75) is 32.4 Å². The molecule has 0 aromatic carbocycles. The first-order chi connectivity index (χ1) is 8.15. The second kappa shape index (κ2) is 5.65. The summed E-state index contributed by atoms with van der Waals surface area (Å²) in [7, 11) is 4.18. The molecule has 1 aliphatic rings. The highest BCUT2D eigenvalue weighted by molar-refractivity contribution is 4.98. The van der Waals surface area contributed by atoms with Gasteiger partial charge in [-0.3, -0.25) is 4.68 Å². The highest BCUT2D eigenvalue weighted by atomic mass is 15.3. The number of hydrogen-bond donors (Lipinski definition) is 1. The van der Waals surface area contributed by atoms with Crippen molar-refractivity contribution in [2.24, 2.45) is 13.0 Å². The fourth-order valence-electron chi connectivity index (χ4n) is 2.60. The minimum Gasteiger partial charge on any atom is -0.308 e. The molecule has 0 spiro atoms. The summed E-state index contributed by atoms with van der Waals surface area (Å²) < 4.78 is 1.86. The number of piperidine rings is 1. The summed E-state index contributed by atoms with van der Waals surface area (Å²) in [5, 5.41) is 7.99. The van der Waals surface area contributed by atoms with Gasteiger partial charge in [-0.2, -0.15) is 5.10 Å². The summed E-state index contributed by atoms with van der Waals surface area (Å²) in [5.74, 6) is 0.775. The molecule has 96 valence electrons. The van der Waals surface area contributed by atoms with Crippen LogP contribution in [0.3, 0.4) is 0 Å². The molecule has 0 radical (unpaired) electrons. The Bertz CT molecular complexity index is 347. The molecule has 4 nitrogen and oxygen atoms in total. The topological polar surface area (TPSA) is 33.1 Å². The van der Waals surface area contributed by atoms with Gasteiger partial charge in [-0.1, -0.05) is 0 Å². The molecule has 1 aromatic rings. The van der Waals surface area contributed by atoms with E-state index in [4.69, 9.17) is 0 Å². The lowest BCUT2D eigenvalue weighted by Gasteiger charge is -2.33. The Balaban J connectivity index is 1.78. The minimum absolute atomic E-state index is 0.569. The van der Waals surface area contributed by atoms with Crippen LogP contribution in [0.2, 0.25) is 0 Å². The van der Waals surface area contributed by atoms with Crippen molar-refractivity contribution in [1.82, 2.24) is 20.0 Å². The Hall–Kier alpha value is -0.870. The van der Waals surface area contributed by atoms with Crippen molar-refractivity contribution < 1.29 is 0 Å². The van der Waals surface area contributed by atoms with Gasteiger partial charge in [0.25, 0.3) is 0 Å². The number of likely N-dealkylation sites (tertiary alicyclic amines) is 1. The van der Waals surface area contributed by atoms with Crippen LogP contribution >= 0.6 is 0 Å². The number of aromatic nitrogens is 2. The highest BCUT2D eigenvalue weighted by Gasteiger charge is 2.22. The maximum Gasteiger partial charge on any atom is 0.0762 e. The normalized spacial score (nSPS) is 23.8. The molecule has 17 heavy (non-hydrogen) atoms. The van der Waals surface area contributed by atoms with Crippen LogP contribution in [0, 0.1) is 5.92 Å². The third-order valence-electron chi connectivity index (χ3n) is 3.74. The number of hydrogen-bond acceptors (Lipinski definition) is 3. The fraction of sp³-hybridized carbons (Fsp3) is 0.769. The van der Waals surface area contributed by atoms with E-state index in [0.29, 0.717) is 6.04 Å². The Morgan fingerprint density at radius 1 is 1.53 bits per heavy atom. The lowest BCUT2D eigenvalue weighted by atomic mass is 9.92. The van der Waals surface area contributed by atoms with Crippen molar-refractivity contribution in [3.05, 3.63) is 18.0 Å². The van der Waals surface area contributed by atoms with Crippen LogP contribution in [-0.4, -0.2) is 40.9 Å². The molecule has 0 aliphatic carbocycles.